The number of quaternary nitrogens is 1. The number of rotatable bonds is 6. The molecule has 6 heteroatoms. The van der Waals surface area contributed by atoms with Crippen molar-refractivity contribution in [3.8, 4) is 5.75 Å². The first-order valence-corrected chi connectivity index (χ1v) is 7.93. The Kier molecular flexibility index (Phi) is 5.39. The summed E-state index contributed by atoms with van der Waals surface area (Å²) in [5.74, 6) is -0.781. The summed E-state index contributed by atoms with van der Waals surface area (Å²) in [4.78, 5) is 26.1. The maximum Gasteiger partial charge on any atom is 0.267 e. The molecule has 0 unspecified atom stereocenters. The number of hydrogen-bond acceptors (Lipinski definition) is 3. The van der Waals surface area contributed by atoms with Crippen molar-refractivity contribution in [2.75, 3.05) is 26.2 Å². The van der Waals surface area contributed by atoms with Gasteiger partial charge in [0, 0.05) is 12.4 Å². The van der Waals surface area contributed by atoms with Crippen molar-refractivity contribution in [3.05, 3.63) is 40.2 Å². The van der Waals surface area contributed by atoms with E-state index in [4.69, 9.17) is 0 Å². The number of carbonyl (C=O) groups excluding carboxylic acids is 1. The van der Waals surface area contributed by atoms with Gasteiger partial charge in [-0.1, -0.05) is 12.1 Å². The molecule has 0 fully saturated rings. The second kappa shape index (κ2) is 7.28. The molecule has 0 bridgehead atoms. The van der Waals surface area contributed by atoms with Crippen molar-refractivity contribution < 1.29 is 14.8 Å². The van der Waals surface area contributed by atoms with E-state index in [-0.39, 0.29) is 11.3 Å². The van der Waals surface area contributed by atoms with Gasteiger partial charge in [-0.05, 0) is 26.0 Å². The summed E-state index contributed by atoms with van der Waals surface area (Å²) in [6.07, 6.45) is 0. The summed E-state index contributed by atoms with van der Waals surface area (Å²) in [5.41, 5.74) is -0.0891. The Balaban J connectivity index is 2.29. The van der Waals surface area contributed by atoms with Gasteiger partial charge in [-0.25, -0.2) is 0 Å². The Bertz CT molecular complexity index is 764. The molecule has 0 radical (unpaired) electrons. The van der Waals surface area contributed by atoms with Crippen LogP contribution in [0.5, 0.6) is 5.75 Å². The normalized spacial score (nSPS) is 11.1. The van der Waals surface area contributed by atoms with Crippen molar-refractivity contribution in [1.82, 2.24) is 9.88 Å². The monoisotopic (exact) mass is 318 g/mol. The fourth-order valence-corrected chi connectivity index (χ4v) is 2.73. The van der Waals surface area contributed by atoms with Gasteiger partial charge in [-0.15, -0.1) is 0 Å². The smallest absolute Gasteiger partial charge is 0.267 e. The number of fused-ring (bicyclic) bond motifs is 1. The van der Waals surface area contributed by atoms with E-state index in [9.17, 15) is 14.7 Å². The summed E-state index contributed by atoms with van der Waals surface area (Å²) in [5, 5.41) is 13.6. The van der Waals surface area contributed by atoms with Gasteiger partial charge in [-0.3, -0.25) is 9.59 Å². The van der Waals surface area contributed by atoms with Crippen LogP contribution in [0.15, 0.2) is 29.1 Å². The van der Waals surface area contributed by atoms with E-state index in [0.717, 1.165) is 19.6 Å². The van der Waals surface area contributed by atoms with E-state index in [0.29, 0.717) is 17.4 Å². The fourth-order valence-electron chi connectivity index (χ4n) is 2.73. The summed E-state index contributed by atoms with van der Waals surface area (Å²) in [6.45, 7) is 7.39. The number of pyridine rings is 1. The standard InChI is InChI=1S/C17H23N3O3/c1-4-20(5-2)11-10-18-16(22)14-15(21)12-8-6-7-9-13(12)19(3)17(14)23/h6-9,21H,4-5,10-11H2,1-3H3,(H,18,22)/p+1. The van der Waals surface area contributed by atoms with E-state index in [1.165, 1.54) is 9.47 Å². The zero-order chi connectivity index (χ0) is 17.0. The van der Waals surface area contributed by atoms with Gasteiger partial charge < -0.3 is 19.9 Å². The third-order valence-electron chi connectivity index (χ3n) is 4.27. The maximum atomic E-state index is 12.4. The number of amides is 1. The topological polar surface area (TPSA) is 75.8 Å². The number of carbonyl (C=O) groups is 1. The third-order valence-corrected chi connectivity index (χ3v) is 4.27. The molecule has 0 spiro atoms. The maximum absolute atomic E-state index is 12.4. The van der Waals surface area contributed by atoms with Gasteiger partial charge in [0.1, 0.15) is 11.3 Å². The first-order valence-electron chi connectivity index (χ1n) is 7.93. The van der Waals surface area contributed by atoms with Crippen LogP contribution in [0.25, 0.3) is 10.9 Å². The van der Waals surface area contributed by atoms with Crippen LogP contribution in [0.4, 0.5) is 0 Å². The highest BCUT2D eigenvalue weighted by atomic mass is 16.3. The molecule has 124 valence electrons. The molecule has 0 saturated heterocycles. The molecule has 2 rings (SSSR count). The average Bonchev–Trinajstić information content (AvgIpc) is 2.57. The molecule has 1 aromatic heterocycles. The zero-order valence-electron chi connectivity index (χ0n) is 13.8. The van der Waals surface area contributed by atoms with Crippen LogP contribution in [0.2, 0.25) is 0 Å². The molecule has 23 heavy (non-hydrogen) atoms. The molecule has 1 amide bonds. The van der Waals surface area contributed by atoms with E-state index in [1.807, 2.05) is 0 Å². The Hall–Kier alpha value is -2.34. The fraction of sp³-hybridized carbons (Fsp3) is 0.412. The highest BCUT2D eigenvalue weighted by Crippen LogP contribution is 2.25. The first kappa shape index (κ1) is 17.0. The highest BCUT2D eigenvalue weighted by Gasteiger charge is 2.20. The summed E-state index contributed by atoms with van der Waals surface area (Å²) in [7, 11) is 1.60. The molecule has 0 aliphatic rings. The number of benzene rings is 1. The predicted molar refractivity (Wildman–Crippen MR) is 90.1 cm³/mol. The zero-order valence-corrected chi connectivity index (χ0v) is 13.8. The molecule has 1 heterocycles. The first-order chi connectivity index (χ1) is 11.0. The number of likely N-dealkylation sites (N-methyl/N-ethyl adjacent to an activating group) is 1. The number of aromatic hydroxyl groups is 1. The number of para-hydroxylation sites is 1. The van der Waals surface area contributed by atoms with Gasteiger partial charge in [-0.2, -0.15) is 0 Å². The minimum Gasteiger partial charge on any atom is -0.506 e. The van der Waals surface area contributed by atoms with Crippen LogP contribution in [0.1, 0.15) is 24.2 Å². The van der Waals surface area contributed by atoms with Gasteiger partial charge in [0.2, 0.25) is 0 Å². The Morgan fingerprint density at radius 1 is 1.26 bits per heavy atom. The Morgan fingerprint density at radius 3 is 2.57 bits per heavy atom. The van der Waals surface area contributed by atoms with Crippen molar-refractivity contribution in [2.45, 2.75) is 13.8 Å². The van der Waals surface area contributed by atoms with Crippen LogP contribution >= 0.6 is 0 Å². The van der Waals surface area contributed by atoms with Crippen LogP contribution in [-0.4, -0.2) is 41.8 Å². The molecule has 2 aromatic rings. The van der Waals surface area contributed by atoms with E-state index in [2.05, 4.69) is 19.2 Å². The lowest BCUT2D eigenvalue weighted by Gasteiger charge is -2.16. The molecule has 3 N–H and O–H groups in total. The second-order valence-corrected chi connectivity index (χ2v) is 5.57. The lowest BCUT2D eigenvalue weighted by atomic mass is 10.1. The number of aryl methyl sites for hydroxylation is 1. The van der Waals surface area contributed by atoms with Crippen LogP contribution in [-0.2, 0) is 7.05 Å². The number of aromatic nitrogens is 1. The van der Waals surface area contributed by atoms with Crippen molar-refractivity contribution in [1.29, 1.82) is 0 Å². The highest BCUT2D eigenvalue weighted by molar-refractivity contribution is 6.02. The van der Waals surface area contributed by atoms with Gasteiger partial charge in [0.25, 0.3) is 11.5 Å². The van der Waals surface area contributed by atoms with E-state index < -0.39 is 11.5 Å². The molecule has 0 atom stereocenters. The lowest BCUT2D eigenvalue weighted by Crippen LogP contribution is -3.12. The van der Waals surface area contributed by atoms with Gasteiger partial charge >= 0.3 is 0 Å². The quantitative estimate of drug-likeness (QED) is 0.696. The third kappa shape index (κ3) is 3.37. The van der Waals surface area contributed by atoms with Crippen molar-refractivity contribution in [3.63, 3.8) is 0 Å². The molecule has 0 aliphatic carbocycles. The minimum absolute atomic E-state index is 0.194. The molecule has 6 nitrogen and oxygen atoms in total. The largest absolute Gasteiger partial charge is 0.506 e. The summed E-state index contributed by atoms with van der Waals surface area (Å²) < 4.78 is 1.39. The second-order valence-electron chi connectivity index (χ2n) is 5.57. The Labute approximate surface area is 135 Å². The summed E-state index contributed by atoms with van der Waals surface area (Å²) in [6, 6.07) is 6.98. The number of hydrogen-bond donors (Lipinski definition) is 3. The van der Waals surface area contributed by atoms with Gasteiger partial charge in [0.15, 0.2) is 0 Å². The molecule has 0 aliphatic heterocycles. The van der Waals surface area contributed by atoms with Crippen LogP contribution < -0.4 is 15.8 Å². The predicted octanol–water partition coefficient (Wildman–Crippen LogP) is -0.101. The number of nitrogens with one attached hydrogen (secondary N) is 2. The molecule has 1 aromatic carbocycles. The molecular formula is C17H24N3O3+. The van der Waals surface area contributed by atoms with Crippen molar-refractivity contribution in [2.24, 2.45) is 7.05 Å². The Morgan fingerprint density at radius 2 is 1.91 bits per heavy atom. The van der Waals surface area contributed by atoms with E-state index in [1.54, 1.807) is 31.3 Å². The van der Waals surface area contributed by atoms with Gasteiger partial charge in [0.05, 0.1) is 31.7 Å². The van der Waals surface area contributed by atoms with Crippen molar-refractivity contribution >= 4 is 16.8 Å². The average molecular weight is 318 g/mol. The lowest BCUT2D eigenvalue weighted by molar-refractivity contribution is -0.895. The number of nitrogens with zero attached hydrogens (tertiary/aromatic N) is 1. The SMILES string of the molecule is CC[NH+](CC)CCNC(=O)c1c(O)c2ccccc2n(C)c1=O. The van der Waals surface area contributed by atoms with E-state index >= 15 is 0 Å². The molecular weight excluding hydrogens is 294 g/mol. The minimum atomic E-state index is -0.527. The summed E-state index contributed by atoms with van der Waals surface area (Å²) >= 11 is 0. The molecule has 0 saturated carbocycles. The van der Waals surface area contributed by atoms with Crippen LogP contribution in [0.3, 0.4) is 0 Å². The van der Waals surface area contributed by atoms with Crippen LogP contribution in [0, 0.1) is 0 Å².